The number of aromatic nitrogens is 3. The summed E-state index contributed by atoms with van der Waals surface area (Å²) < 4.78 is 1.55. The lowest BCUT2D eigenvalue weighted by Crippen LogP contribution is -2.21. The molecule has 0 saturated heterocycles. The fraction of sp³-hybridized carbons (Fsp3) is 0.250. The number of aryl methyl sites for hydroxylation is 1. The maximum absolute atomic E-state index is 12.6. The Balaban J connectivity index is 1.92. The number of aromatic amines is 1. The van der Waals surface area contributed by atoms with Crippen LogP contribution in [-0.4, -0.2) is 14.6 Å². The molecule has 4 rings (SSSR count). The Morgan fingerprint density at radius 1 is 1.29 bits per heavy atom. The molecule has 0 radical (unpaired) electrons. The van der Waals surface area contributed by atoms with Crippen LogP contribution in [0.1, 0.15) is 30.0 Å². The zero-order valence-corrected chi connectivity index (χ0v) is 12.3. The van der Waals surface area contributed by atoms with Crippen molar-refractivity contribution in [3.8, 4) is 11.3 Å². The SMILES string of the molecule is Cc1nc2cc(-c3ccc(Cl)cc3)[nH]n2c(=O)c1C1CC1. The molecule has 3 aromatic rings. The molecule has 1 aromatic carbocycles. The van der Waals surface area contributed by atoms with Gasteiger partial charge in [-0.15, -0.1) is 0 Å². The minimum absolute atomic E-state index is 0.0280. The summed E-state index contributed by atoms with van der Waals surface area (Å²) in [6.45, 7) is 1.92. The summed E-state index contributed by atoms with van der Waals surface area (Å²) in [5, 5.41) is 3.84. The summed E-state index contributed by atoms with van der Waals surface area (Å²) in [5.74, 6) is 0.393. The van der Waals surface area contributed by atoms with E-state index in [1.165, 1.54) is 0 Å². The van der Waals surface area contributed by atoms with Gasteiger partial charge in [0.25, 0.3) is 5.56 Å². The second-order valence-corrected chi connectivity index (χ2v) is 6.00. The Hall–Kier alpha value is -2.07. The first-order valence-corrected chi connectivity index (χ1v) is 7.39. The molecule has 21 heavy (non-hydrogen) atoms. The normalized spacial score (nSPS) is 14.8. The second kappa shape index (κ2) is 4.46. The van der Waals surface area contributed by atoms with Crippen molar-refractivity contribution in [1.82, 2.24) is 14.6 Å². The minimum Gasteiger partial charge on any atom is -0.289 e. The average Bonchev–Trinajstić information content (AvgIpc) is 3.19. The lowest BCUT2D eigenvalue weighted by molar-refractivity contribution is 0.852. The molecule has 106 valence electrons. The molecule has 1 aliphatic carbocycles. The van der Waals surface area contributed by atoms with Gasteiger partial charge in [-0.05, 0) is 43.4 Å². The van der Waals surface area contributed by atoms with Crippen LogP contribution in [0.25, 0.3) is 16.9 Å². The third kappa shape index (κ3) is 2.07. The summed E-state index contributed by atoms with van der Waals surface area (Å²) in [5.41, 5.74) is 4.24. The van der Waals surface area contributed by atoms with Crippen LogP contribution >= 0.6 is 11.6 Å². The quantitative estimate of drug-likeness (QED) is 0.787. The maximum atomic E-state index is 12.6. The number of benzene rings is 1. The highest BCUT2D eigenvalue weighted by Crippen LogP contribution is 2.39. The number of H-pyrrole nitrogens is 1. The Morgan fingerprint density at radius 3 is 2.67 bits per heavy atom. The van der Waals surface area contributed by atoms with Gasteiger partial charge < -0.3 is 0 Å². The largest absolute Gasteiger partial charge is 0.289 e. The molecule has 1 N–H and O–H groups in total. The van der Waals surface area contributed by atoms with Crippen molar-refractivity contribution in [2.75, 3.05) is 0 Å². The molecule has 0 amide bonds. The second-order valence-electron chi connectivity index (χ2n) is 5.56. The molecule has 1 aliphatic rings. The Labute approximate surface area is 126 Å². The number of fused-ring (bicyclic) bond motifs is 1. The molecule has 2 aromatic heterocycles. The highest BCUT2D eigenvalue weighted by atomic mass is 35.5. The summed E-state index contributed by atoms with van der Waals surface area (Å²) in [6, 6.07) is 9.41. The van der Waals surface area contributed by atoms with Gasteiger partial charge in [-0.2, -0.15) is 0 Å². The Kier molecular flexibility index (Phi) is 2.69. The van der Waals surface area contributed by atoms with E-state index in [1.807, 2.05) is 37.3 Å². The topological polar surface area (TPSA) is 50.2 Å². The molecular formula is C16H14ClN3O. The van der Waals surface area contributed by atoms with Gasteiger partial charge >= 0.3 is 0 Å². The highest BCUT2D eigenvalue weighted by molar-refractivity contribution is 6.30. The van der Waals surface area contributed by atoms with Crippen LogP contribution in [-0.2, 0) is 0 Å². The first-order valence-electron chi connectivity index (χ1n) is 7.02. The van der Waals surface area contributed by atoms with Gasteiger partial charge in [0, 0.05) is 22.3 Å². The van der Waals surface area contributed by atoms with E-state index in [9.17, 15) is 4.79 Å². The summed E-state index contributed by atoms with van der Waals surface area (Å²) in [4.78, 5) is 17.2. The zero-order valence-electron chi connectivity index (χ0n) is 11.6. The van der Waals surface area contributed by atoms with E-state index in [0.717, 1.165) is 35.4 Å². The van der Waals surface area contributed by atoms with Gasteiger partial charge in [0.1, 0.15) is 0 Å². The number of hydrogen-bond acceptors (Lipinski definition) is 2. The Bertz CT molecular complexity index is 888. The molecule has 0 aliphatic heterocycles. The van der Waals surface area contributed by atoms with E-state index >= 15 is 0 Å². The van der Waals surface area contributed by atoms with Crippen molar-refractivity contribution >= 4 is 17.2 Å². The summed E-state index contributed by atoms with van der Waals surface area (Å²) >= 11 is 5.91. The van der Waals surface area contributed by atoms with Gasteiger partial charge in [-0.3, -0.25) is 9.89 Å². The molecule has 2 heterocycles. The molecule has 0 atom stereocenters. The van der Waals surface area contributed by atoms with Crippen LogP contribution in [0.4, 0.5) is 0 Å². The van der Waals surface area contributed by atoms with Crippen LogP contribution in [0.15, 0.2) is 35.1 Å². The maximum Gasteiger partial charge on any atom is 0.276 e. The predicted molar refractivity (Wildman–Crippen MR) is 83.0 cm³/mol. The van der Waals surface area contributed by atoms with Crippen LogP contribution in [0.3, 0.4) is 0 Å². The first kappa shape index (κ1) is 12.7. The van der Waals surface area contributed by atoms with E-state index in [1.54, 1.807) is 4.52 Å². The van der Waals surface area contributed by atoms with E-state index in [2.05, 4.69) is 10.1 Å². The lowest BCUT2D eigenvalue weighted by Gasteiger charge is -2.02. The number of rotatable bonds is 2. The van der Waals surface area contributed by atoms with Crippen LogP contribution in [0.2, 0.25) is 5.02 Å². The number of nitrogens with zero attached hydrogens (tertiary/aromatic N) is 2. The molecule has 1 saturated carbocycles. The highest BCUT2D eigenvalue weighted by Gasteiger charge is 2.29. The molecule has 0 bridgehead atoms. The van der Waals surface area contributed by atoms with Crippen molar-refractivity contribution in [1.29, 1.82) is 0 Å². The third-order valence-electron chi connectivity index (χ3n) is 3.98. The minimum atomic E-state index is 0.0280. The van der Waals surface area contributed by atoms with Crippen LogP contribution in [0, 0.1) is 6.92 Å². The van der Waals surface area contributed by atoms with E-state index in [-0.39, 0.29) is 5.56 Å². The van der Waals surface area contributed by atoms with Crippen LogP contribution in [0.5, 0.6) is 0 Å². The van der Waals surface area contributed by atoms with Crippen molar-refractivity contribution < 1.29 is 0 Å². The van der Waals surface area contributed by atoms with Gasteiger partial charge in [-0.1, -0.05) is 23.7 Å². The van der Waals surface area contributed by atoms with Crippen molar-refractivity contribution in [3.05, 3.63) is 57.0 Å². The van der Waals surface area contributed by atoms with Gasteiger partial charge in [0.2, 0.25) is 0 Å². The molecule has 1 fully saturated rings. The predicted octanol–water partition coefficient (Wildman–Crippen LogP) is 3.53. The molecule has 0 spiro atoms. The molecule has 5 heteroatoms. The van der Waals surface area contributed by atoms with E-state index < -0.39 is 0 Å². The summed E-state index contributed by atoms with van der Waals surface area (Å²) in [7, 11) is 0. The molecule has 0 unspecified atom stereocenters. The Morgan fingerprint density at radius 2 is 2.00 bits per heavy atom. The first-order chi connectivity index (χ1) is 10.1. The fourth-order valence-electron chi connectivity index (χ4n) is 2.77. The number of halogens is 1. The fourth-order valence-corrected chi connectivity index (χ4v) is 2.89. The monoisotopic (exact) mass is 299 g/mol. The number of nitrogens with one attached hydrogen (secondary N) is 1. The number of hydrogen-bond donors (Lipinski definition) is 1. The summed E-state index contributed by atoms with van der Waals surface area (Å²) in [6.07, 6.45) is 2.18. The van der Waals surface area contributed by atoms with E-state index in [4.69, 9.17) is 11.6 Å². The van der Waals surface area contributed by atoms with E-state index in [0.29, 0.717) is 16.6 Å². The smallest absolute Gasteiger partial charge is 0.276 e. The van der Waals surface area contributed by atoms with Gasteiger partial charge in [0.15, 0.2) is 5.65 Å². The van der Waals surface area contributed by atoms with Crippen LogP contribution < -0.4 is 5.56 Å². The standard InChI is InChI=1S/C16H14ClN3O/c1-9-15(11-2-3-11)16(21)20-14(18-9)8-13(19-20)10-4-6-12(17)7-5-10/h4-8,11,19H,2-3H2,1H3. The van der Waals surface area contributed by atoms with Gasteiger partial charge in [0.05, 0.1) is 5.69 Å². The average molecular weight is 300 g/mol. The zero-order chi connectivity index (χ0) is 14.6. The lowest BCUT2D eigenvalue weighted by atomic mass is 10.1. The van der Waals surface area contributed by atoms with Gasteiger partial charge in [-0.25, -0.2) is 9.50 Å². The van der Waals surface area contributed by atoms with Crippen molar-refractivity contribution in [2.24, 2.45) is 0 Å². The molecule has 4 nitrogen and oxygen atoms in total. The van der Waals surface area contributed by atoms with Crippen molar-refractivity contribution in [3.63, 3.8) is 0 Å². The third-order valence-corrected chi connectivity index (χ3v) is 4.23. The van der Waals surface area contributed by atoms with Crippen molar-refractivity contribution in [2.45, 2.75) is 25.7 Å². The molecular weight excluding hydrogens is 286 g/mol.